The number of anilines is 5. The first-order valence-electron chi connectivity index (χ1n) is 18.7. The van der Waals surface area contributed by atoms with Crippen molar-refractivity contribution in [3.8, 4) is 11.3 Å². The maximum absolute atomic E-state index is 15.1. The molecule has 14 heteroatoms. The van der Waals surface area contributed by atoms with Gasteiger partial charge in [0.15, 0.2) is 5.82 Å². The predicted octanol–water partition coefficient (Wildman–Crippen LogP) is 5.19. The van der Waals surface area contributed by atoms with E-state index in [4.69, 9.17) is 4.74 Å². The highest BCUT2D eigenvalue weighted by Crippen LogP contribution is 2.41. The molecule has 13 nitrogen and oxygen atoms in total. The number of rotatable bonds is 11. The van der Waals surface area contributed by atoms with Crippen molar-refractivity contribution in [2.75, 3.05) is 60.3 Å². The predicted molar refractivity (Wildman–Crippen MR) is 211 cm³/mol. The fraction of sp³-hybridized carbons (Fsp3) is 0.390. The number of aryl methyl sites for hydroxylation is 1. The quantitative estimate of drug-likeness (QED) is 0.175. The van der Waals surface area contributed by atoms with Gasteiger partial charge in [-0.3, -0.25) is 24.2 Å². The minimum absolute atomic E-state index is 0.00306. The lowest BCUT2D eigenvalue weighted by molar-refractivity contribution is -0.111. The number of nitrogens with one attached hydrogen (secondary N) is 2. The van der Waals surface area contributed by atoms with Gasteiger partial charge in [0.25, 0.3) is 11.5 Å². The summed E-state index contributed by atoms with van der Waals surface area (Å²) in [5, 5.41) is 16.7. The number of amides is 2. The Balaban J connectivity index is 1.16. The molecule has 1 saturated carbocycles. The largest absolute Gasteiger partial charge is 0.392 e. The Morgan fingerprint density at radius 3 is 2.58 bits per heavy atom. The molecular formula is C41H47FN8O5. The van der Waals surface area contributed by atoms with Gasteiger partial charge >= 0.3 is 0 Å². The molecule has 2 amide bonds. The number of ether oxygens (including phenoxy) is 1. The van der Waals surface area contributed by atoms with Gasteiger partial charge in [-0.15, -0.1) is 0 Å². The Morgan fingerprint density at radius 2 is 1.89 bits per heavy atom. The second-order valence-corrected chi connectivity index (χ2v) is 14.5. The Labute approximate surface area is 319 Å². The van der Waals surface area contributed by atoms with Crippen LogP contribution in [0.25, 0.3) is 11.3 Å². The van der Waals surface area contributed by atoms with Crippen LogP contribution in [0.3, 0.4) is 0 Å². The normalized spacial score (nSPS) is 17.8. The van der Waals surface area contributed by atoms with Gasteiger partial charge in [-0.1, -0.05) is 12.6 Å². The molecule has 2 aliphatic heterocycles. The Hall–Kier alpha value is -5.44. The minimum atomic E-state index is -0.617. The molecule has 3 fully saturated rings. The number of hydrogen-bond acceptors (Lipinski definition) is 10. The van der Waals surface area contributed by atoms with E-state index in [0.29, 0.717) is 34.6 Å². The summed E-state index contributed by atoms with van der Waals surface area (Å²) in [6, 6.07) is 12.5. The number of carbonyl (C=O) groups excluding carboxylic acids is 2. The molecule has 3 N–H and O–H groups in total. The van der Waals surface area contributed by atoms with Gasteiger partial charge in [0.1, 0.15) is 11.6 Å². The van der Waals surface area contributed by atoms with Gasteiger partial charge in [-0.25, -0.2) is 14.4 Å². The average molecular weight is 751 g/mol. The molecule has 288 valence electrons. The molecule has 0 bridgehead atoms. The lowest BCUT2D eigenvalue weighted by atomic mass is 10.0. The summed E-state index contributed by atoms with van der Waals surface area (Å²) in [5.41, 5.74) is 3.30. The first kappa shape index (κ1) is 37.9. The maximum atomic E-state index is 15.1. The van der Waals surface area contributed by atoms with Crippen LogP contribution in [-0.2, 0) is 23.2 Å². The average Bonchev–Trinajstić information content (AvgIpc) is 4.05. The number of nitrogens with zero attached hydrogens (tertiary/aromatic N) is 6. The number of aliphatic hydroxyl groups excluding tert-OH is 1. The SMILES string of the molecule is C=CC(=O)Nc1cc(Nc2nc(-c3ccnc(N(C)C(=O)c4ccc(C5CC5)cc4F)c3CO)cn(C)c2=O)ccc1N1CCN(C2CCOCC2)C[C@@H]1C. The number of halogens is 1. The first-order chi connectivity index (χ1) is 26.6. The highest BCUT2D eigenvalue weighted by Gasteiger charge is 2.31. The van der Waals surface area contributed by atoms with Crippen molar-refractivity contribution in [2.45, 2.75) is 57.2 Å². The van der Waals surface area contributed by atoms with Crippen LogP contribution in [0.4, 0.5) is 33.1 Å². The number of hydrogen-bond donors (Lipinski definition) is 3. The van der Waals surface area contributed by atoms with Crippen LogP contribution in [0.15, 0.2) is 72.3 Å². The van der Waals surface area contributed by atoms with Crippen molar-refractivity contribution >= 4 is 40.5 Å². The summed E-state index contributed by atoms with van der Waals surface area (Å²) in [7, 11) is 3.06. The van der Waals surface area contributed by atoms with Crippen LogP contribution in [-0.4, -0.2) is 88.3 Å². The van der Waals surface area contributed by atoms with E-state index in [-0.39, 0.29) is 34.7 Å². The second-order valence-electron chi connectivity index (χ2n) is 14.5. The van der Waals surface area contributed by atoms with Crippen LogP contribution in [0.1, 0.15) is 60.0 Å². The minimum Gasteiger partial charge on any atom is -0.392 e. The van der Waals surface area contributed by atoms with Crippen molar-refractivity contribution in [1.82, 2.24) is 19.4 Å². The Bertz CT molecular complexity index is 2170. The number of aromatic nitrogens is 3. The number of benzene rings is 2. The fourth-order valence-electron chi connectivity index (χ4n) is 7.65. The maximum Gasteiger partial charge on any atom is 0.293 e. The smallest absolute Gasteiger partial charge is 0.293 e. The number of carbonyl (C=O) groups is 2. The summed E-state index contributed by atoms with van der Waals surface area (Å²) < 4.78 is 22.1. The van der Waals surface area contributed by atoms with Gasteiger partial charge in [0.05, 0.1) is 29.2 Å². The Kier molecular flexibility index (Phi) is 11.1. The molecule has 0 spiro atoms. The molecule has 4 aromatic rings. The molecule has 4 heterocycles. The fourth-order valence-corrected chi connectivity index (χ4v) is 7.65. The molecule has 7 rings (SSSR count). The molecule has 55 heavy (non-hydrogen) atoms. The van der Waals surface area contributed by atoms with E-state index in [1.807, 2.05) is 12.1 Å². The van der Waals surface area contributed by atoms with E-state index >= 15 is 4.39 Å². The van der Waals surface area contributed by atoms with E-state index in [9.17, 15) is 19.5 Å². The van der Waals surface area contributed by atoms with E-state index in [2.05, 4.69) is 43.9 Å². The zero-order valence-corrected chi connectivity index (χ0v) is 31.4. The van der Waals surface area contributed by atoms with E-state index in [1.54, 1.807) is 25.2 Å². The zero-order chi connectivity index (χ0) is 38.8. The van der Waals surface area contributed by atoms with Crippen LogP contribution < -0.4 is 26.0 Å². The first-order valence-corrected chi connectivity index (χ1v) is 18.7. The summed E-state index contributed by atoms with van der Waals surface area (Å²) in [6.45, 7) is 9.41. The van der Waals surface area contributed by atoms with Crippen molar-refractivity contribution in [1.29, 1.82) is 0 Å². The van der Waals surface area contributed by atoms with Crippen LogP contribution in [0, 0.1) is 5.82 Å². The molecule has 2 aromatic heterocycles. The van der Waals surface area contributed by atoms with Crippen molar-refractivity contribution in [3.63, 3.8) is 0 Å². The van der Waals surface area contributed by atoms with Gasteiger partial charge in [0, 0.05) is 88.2 Å². The monoisotopic (exact) mass is 750 g/mol. The van der Waals surface area contributed by atoms with Crippen molar-refractivity contribution < 1.29 is 23.8 Å². The van der Waals surface area contributed by atoms with Crippen molar-refractivity contribution in [3.05, 3.63) is 100 Å². The summed E-state index contributed by atoms with van der Waals surface area (Å²) in [4.78, 5) is 54.7. The molecule has 1 aliphatic carbocycles. The molecular weight excluding hydrogens is 703 g/mol. The van der Waals surface area contributed by atoms with Crippen LogP contribution >= 0.6 is 0 Å². The van der Waals surface area contributed by atoms with E-state index in [0.717, 1.165) is 69.8 Å². The molecule has 2 saturated heterocycles. The van der Waals surface area contributed by atoms with E-state index in [1.165, 1.54) is 47.1 Å². The lowest BCUT2D eigenvalue weighted by Crippen LogP contribution is -2.56. The van der Waals surface area contributed by atoms with Gasteiger partial charge < -0.3 is 29.9 Å². The zero-order valence-electron chi connectivity index (χ0n) is 31.4. The number of aliphatic hydroxyl groups is 1. The van der Waals surface area contributed by atoms with Crippen LogP contribution in [0.5, 0.6) is 0 Å². The lowest BCUT2D eigenvalue weighted by Gasteiger charge is -2.45. The van der Waals surface area contributed by atoms with Gasteiger partial charge in [-0.05, 0) is 86.6 Å². The molecule has 0 radical (unpaired) electrons. The van der Waals surface area contributed by atoms with Gasteiger partial charge in [-0.2, -0.15) is 0 Å². The highest BCUT2D eigenvalue weighted by molar-refractivity contribution is 6.06. The molecule has 0 unspecified atom stereocenters. The topological polar surface area (TPSA) is 145 Å². The number of piperazine rings is 1. The molecule has 1 atom stereocenters. The third-order valence-corrected chi connectivity index (χ3v) is 10.8. The molecule has 3 aliphatic rings. The molecule has 2 aromatic carbocycles. The van der Waals surface area contributed by atoms with Crippen LogP contribution in [0.2, 0.25) is 0 Å². The van der Waals surface area contributed by atoms with E-state index < -0.39 is 23.9 Å². The summed E-state index contributed by atoms with van der Waals surface area (Å²) in [6.07, 6.45) is 8.29. The standard InChI is InChI=1S/C41H47FN8O5/c1-5-37(52)45-34-21-28(9-11-36(34)50-17-16-49(22-25(50)2)29-13-18-55-19-14-29)44-38-41(54)47(3)23-35(46-38)30-12-15-43-39(32(30)24-51)48(4)40(53)31-10-8-27(20-33(31)42)26-6-7-26/h5,8-12,15,20-21,23,25-26,29,51H,1,6-7,13-14,16-19,22,24H2,2-4H3,(H,44,46)(H,45,52)/t25-/m0/s1. The number of pyridine rings is 1. The highest BCUT2D eigenvalue weighted by atomic mass is 19.1. The second kappa shape index (κ2) is 16.1. The third-order valence-electron chi connectivity index (χ3n) is 10.8. The van der Waals surface area contributed by atoms with Crippen molar-refractivity contribution in [2.24, 2.45) is 7.05 Å². The Morgan fingerprint density at radius 1 is 1.11 bits per heavy atom. The third kappa shape index (κ3) is 8.02. The van der Waals surface area contributed by atoms with Gasteiger partial charge in [0.2, 0.25) is 5.91 Å². The summed E-state index contributed by atoms with van der Waals surface area (Å²) >= 11 is 0. The summed E-state index contributed by atoms with van der Waals surface area (Å²) in [5.74, 6) is -1.13.